The monoisotopic (exact) mass is 264 g/mol. The molecule has 4 saturated carbocycles. The zero-order chi connectivity index (χ0) is 13.9. The van der Waals surface area contributed by atoms with Crippen LogP contribution in [0.2, 0.25) is 0 Å². The smallest absolute Gasteiger partial charge is 0.330 e. The van der Waals surface area contributed by atoms with Crippen molar-refractivity contribution in [2.24, 2.45) is 22.2 Å². The standard InChI is InChI=1S/C16H24O3/c1-11(13(18)19)3-15-5-12-4-14(2,7-15)8-16(6-12,9-15)10-17/h3,12,17H,4-10H2,1-2H3,(H,18,19). The van der Waals surface area contributed by atoms with Gasteiger partial charge in [-0.3, -0.25) is 0 Å². The van der Waals surface area contributed by atoms with Crippen molar-refractivity contribution in [3.8, 4) is 0 Å². The molecule has 0 saturated heterocycles. The van der Waals surface area contributed by atoms with Gasteiger partial charge >= 0.3 is 5.97 Å². The van der Waals surface area contributed by atoms with E-state index in [4.69, 9.17) is 5.11 Å². The lowest BCUT2D eigenvalue weighted by Crippen LogP contribution is -2.56. The third-order valence-corrected chi connectivity index (χ3v) is 5.70. The van der Waals surface area contributed by atoms with E-state index in [0.29, 0.717) is 16.9 Å². The first kappa shape index (κ1) is 13.2. The van der Waals surface area contributed by atoms with E-state index in [1.807, 2.05) is 6.08 Å². The molecular weight excluding hydrogens is 240 g/mol. The third-order valence-electron chi connectivity index (χ3n) is 5.70. The number of hydrogen-bond acceptors (Lipinski definition) is 2. The van der Waals surface area contributed by atoms with E-state index in [1.165, 1.54) is 6.42 Å². The van der Waals surface area contributed by atoms with E-state index in [0.717, 1.165) is 32.1 Å². The molecule has 4 aliphatic rings. The number of carboxylic acids is 1. The topological polar surface area (TPSA) is 57.5 Å². The van der Waals surface area contributed by atoms with E-state index < -0.39 is 5.97 Å². The van der Waals surface area contributed by atoms with Crippen molar-refractivity contribution < 1.29 is 15.0 Å². The Bertz CT molecular complexity index is 455. The van der Waals surface area contributed by atoms with Crippen molar-refractivity contribution in [3.63, 3.8) is 0 Å². The molecule has 2 N–H and O–H groups in total. The minimum atomic E-state index is -0.807. The summed E-state index contributed by atoms with van der Waals surface area (Å²) in [5.41, 5.74) is 0.860. The molecule has 0 heterocycles. The van der Waals surface area contributed by atoms with Gasteiger partial charge in [0.25, 0.3) is 0 Å². The minimum Gasteiger partial charge on any atom is -0.478 e. The van der Waals surface area contributed by atoms with Crippen molar-refractivity contribution in [2.45, 2.75) is 52.4 Å². The SMILES string of the molecule is CC(=CC12CC3CC(C)(C1)CC(CO)(C3)C2)C(=O)O. The number of aliphatic hydroxyl groups is 1. The molecule has 19 heavy (non-hydrogen) atoms. The zero-order valence-electron chi connectivity index (χ0n) is 11.9. The molecule has 0 aliphatic heterocycles. The van der Waals surface area contributed by atoms with Gasteiger partial charge in [0.2, 0.25) is 0 Å². The van der Waals surface area contributed by atoms with Crippen LogP contribution < -0.4 is 0 Å². The molecule has 4 rings (SSSR count). The second kappa shape index (κ2) is 3.85. The molecule has 0 spiro atoms. The summed E-state index contributed by atoms with van der Waals surface area (Å²) in [6, 6.07) is 0. The third kappa shape index (κ3) is 2.03. The molecule has 0 amide bonds. The van der Waals surface area contributed by atoms with Gasteiger partial charge in [-0.2, -0.15) is 0 Å². The largest absolute Gasteiger partial charge is 0.478 e. The van der Waals surface area contributed by atoms with Gasteiger partial charge in [-0.15, -0.1) is 0 Å². The van der Waals surface area contributed by atoms with Crippen molar-refractivity contribution in [3.05, 3.63) is 11.6 Å². The normalized spacial score (nSPS) is 48.6. The van der Waals surface area contributed by atoms with Crippen LogP contribution >= 0.6 is 0 Å². The van der Waals surface area contributed by atoms with Gasteiger partial charge in [0, 0.05) is 12.2 Å². The lowest BCUT2D eigenvalue weighted by atomic mass is 9.40. The Morgan fingerprint density at radius 3 is 2.58 bits per heavy atom. The molecule has 3 nitrogen and oxygen atoms in total. The molecule has 0 aromatic carbocycles. The molecule has 4 bridgehead atoms. The number of carbonyl (C=O) groups is 1. The predicted octanol–water partition coefficient (Wildman–Crippen LogP) is 2.99. The van der Waals surface area contributed by atoms with E-state index >= 15 is 0 Å². The first-order valence-corrected chi connectivity index (χ1v) is 7.33. The van der Waals surface area contributed by atoms with Crippen molar-refractivity contribution in [1.82, 2.24) is 0 Å². The Kier molecular flexibility index (Phi) is 2.66. The van der Waals surface area contributed by atoms with Crippen LogP contribution in [0, 0.1) is 22.2 Å². The molecule has 4 atom stereocenters. The quantitative estimate of drug-likeness (QED) is 0.770. The Balaban J connectivity index is 1.99. The van der Waals surface area contributed by atoms with Gasteiger partial charge in [0.1, 0.15) is 0 Å². The fraction of sp³-hybridized carbons (Fsp3) is 0.812. The van der Waals surface area contributed by atoms with Gasteiger partial charge in [0.15, 0.2) is 0 Å². The van der Waals surface area contributed by atoms with Crippen LogP contribution in [0.25, 0.3) is 0 Å². The molecule has 3 heteroatoms. The summed E-state index contributed by atoms with van der Waals surface area (Å²) < 4.78 is 0. The number of aliphatic carboxylic acids is 1. The average Bonchev–Trinajstić information content (AvgIpc) is 2.24. The van der Waals surface area contributed by atoms with E-state index in [9.17, 15) is 9.90 Å². The van der Waals surface area contributed by atoms with E-state index in [1.54, 1.807) is 6.92 Å². The second-order valence-electron chi connectivity index (χ2n) is 7.97. The summed E-state index contributed by atoms with van der Waals surface area (Å²) in [4.78, 5) is 11.1. The van der Waals surface area contributed by atoms with Gasteiger partial charge in [0.05, 0.1) is 0 Å². The van der Waals surface area contributed by atoms with E-state index in [2.05, 4.69) is 6.92 Å². The highest BCUT2D eigenvalue weighted by Gasteiger charge is 2.60. The van der Waals surface area contributed by atoms with Crippen molar-refractivity contribution in [1.29, 1.82) is 0 Å². The van der Waals surface area contributed by atoms with Crippen LogP contribution in [0.1, 0.15) is 52.4 Å². The molecular formula is C16H24O3. The summed E-state index contributed by atoms with van der Waals surface area (Å²) in [5.74, 6) is -0.134. The van der Waals surface area contributed by atoms with Crippen molar-refractivity contribution >= 4 is 5.97 Å². The number of rotatable bonds is 3. The van der Waals surface area contributed by atoms with Crippen LogP contribution in [-0.2, 0) is 4.79 Å². The van der Waals surface area contributed by atoms with Gasteiger partial charge < -0.3 is 10.2 Å². The second-order valence-corrected chi connectivity index (χ2v) is 7.97. The first-order valence-electron chi connectivity index (χ1n) is 7.33. The molecule has 4 unspecified atom stereocenters. The van der Waals surface area contributed by atoms with E-state index in [-0.39, 0.29) is 17.4 Å². The van der Waals surface area contributed by atoms with Crippen LogP contribution in [0.15, 0.2) is 11.6 Å². The maximum Gasteiger partial charge on any atom is 0.330 e. The predicted molar refractivity (Wildman–Crippen MR) is 72.6 cm³/mol. The lowest BCUT2D eigenvalue weighted by Gasteiger charge is -2.65. The Hall–Kier alpha value is -0.830. The summed E-state index contributed by atoms with van der Waals surface area (Å²) in [5, 5.41) is 19.0. The maximum atomic E-state index is 11.1. The fourth-order valence-corrected chi connectivity index (χ4v) is 6.08. The number of aliphatic hydroxyl groups excluding tert-OH is 1. The minimum absolute atomic E-state index is 0.0272. The Morgan fingerprint density at radius 2 is 2.00 bits per heavy atom. The summed E-state index contributed by atoms with van der Waals surface area (Å²) in [6.45, 7) is 4.30. The zero-order valence-corrected chi connectivity index (χ0v) is 11.9. The fourth-order valence-electron chi connectivity index (χ4n) is 6.08. The van der Waals surface area contributed by atoms with Crippen molar-refractivity contribution in [2.75, 3.05) is 6.61 Å². The molecule has 0 aromatic heterocycles. The summed E-state index contributed by atoms with van der Waals surface area (Å²) in [7, 11) is 0. The molecule has 106 valence electrons. The number of hydrogen-bond donors (Lipinski definition) is 2. The highest BCUT2D eigenvalue weighted by atomic mass is 16.4. The molecule has 0 radical (unpaired) electrons. The summed E-state index contributed by atoms with van der Waals surface area (Å²) in [6.07, 6.45) is 8.74. The molecule has 4 fully saturated rings. The number of allylic oxidation sites excluding steroid dienone is 1. The lowest BCUT2D eigenvalue weighted by molar-refractivity contribution is -0.150. The molecule has 0 aromatic rings. The highest BCUT2D eigenvalue weighted by molar-refractivity contribution is 5.85. The van der Waals surface area contributed by atoms with Gasteiger partial charge in [-0.1, -0.05) is 13.0 Å². The van der Waals surface area contributed by atoms with Gasteiger partial charge in [-0.25, -0.2) is 4.79 Å². The van der Waals surface area contributed by atoms with Crippen LogP contribution in [0.3, 0.4) is 0 Å². The summed E-state index contributed by atoms with van der Waals surface area (Å²) >= 11 is 0. The maximum absolute atomic E-state index is 11.1. The van der Waals surface area contributed by atoms with Crippen LogP contribution in [0.5, 0.6) is 0 Å². The van der Waals surface area contributed by atoms with Gasteiger partial charge in [-0.05, 0) is 67.6 Å². The Morgan fingerprint density at radius 1 is 1.26 bits per heavy atom. The van der Waals surface area contributed by atoms with Crippen LogP contribution in [-0.4, -0.2) is 22.8 Å². The Labute approximate surface area is 114 Å². The first-order chi connectivity index (χ1) is 8.79. The highest BCUT2D eigenvalue weighted by Crippen LogP contribution is 2.70. The molecule has 4 aliphatic carbocycles. The average molecular weight is 264 g/mol. The number of carboxylic acid groups (broad SMARTS) is 1. The van der Waals surface area contributed by atoms with Crippen LogP contribution in [0.4, 0.5) is 0 Å².